The van der Waals surface area contributed by atoms with Crippen LogP contribution in [0, 0.1) is 0 Å². The van der Waals surface area contributed by atoms with E-state index in [2.05, 4.69) is 20.7 Å². The summed E-state index contributed by atoms with van der Waals surface area (Å²) in [6, 6.07) is 1.74. The fraction of sp³-hybridized carbons (Fsp3) is 0.579. The van der Waals surface area contributed by atoms with Gasteiger partial charge in [0.2, 0.25) is 0 Å². The van der Waals surface area contributed by atoms with Crippen LogP contribution < -0.4 is 10.6 Å². The summed E-state index contributed by atoms with van der Waals surface area (Å²) >= 11 is 0. The maximum Gasteiger partial charge on any atom is 0.407 e. The summed E-state index contributed by atoms with van der Waals surface area (Å²) in [5.41, 5.74) is 0.183. The fourth-order valence-electron chi connectivity index (χ4n) is 3.33. The molecular weight excluding hydrogens is 362 g/mol. The molecule has 152 valence electrons. The first-order valence-corrected chi connectivity index (χ1v) is 9.45. The molecule has 9 nitrogen and oxygen atoms in total. The Labute approximate surface area is 163 Å². The lowest BCUT2D eigenvalue weighted by Gasteiger charge is -2.33. The van der Waals surface area contributed by atoms with Gasteiger partial charge >= 0.3 is 12.1 Å². The van der Waals surface area contributed by atoms with E-state index in [9.17, 15) is 9.59 Å². The average molecular weight is 389 g/mol. The minimum absolute atomic E-state index is 0.0146. The van der Waals surface area contributed by atoms with Crippen molar-refractivity contribution in [1.29, 1.82) is 0 Å². The zero-order valence-electron chi connectivity index (χ0n) is 16.7. The Morgan fingerprint density at radius 3 is 2.61 bits per heavy atom. The average Bonchev–Trinajstić information content (AvgIpc) is 3.04. The zero-order valence-corrected chi connectivity index (χ0v) is 16.7. The minimum atomic E-state index is -0.541. The topological polar surface area (TPSA) is 107 Å². The summed E-state index contributed by atoms with van der Waals surface area (Å²) in [7, 11) is 1.32. The van der Waals surface area contributed by atoms with Gasteiger partial charge in [-0.25, -0.2) is 19.1 Å². The number of carbonyl (C=O) groups is 2. The first-order valence-electron chi connectivity index (χ1n) is 9.45. The quantitative estimate of drug-likeness (QED) is 0.774. The highest BCUT2D eigenvalue weighted by Crippen LogP contribution is 2.23. The molecule has 0 saturated heterocycles. The van der Waals surface area contributed by atoms with Gasteiger partial charge < -0.3 is 20.1 Å². The van der Waals surface area contributed by atoms with E-state index >= 15 is 0 Å². The maximum absolute atomic E-state index is 12.2. The fourth-order valence-corrected chi connectivity index (χ4v) is 3.33. The molecule has 1 aliphatic carbocycles. The molecule has 2 aromatic rings. The van der Waals surface area contributed by atoms with E-state index in [-0.39, 0.29) is 12.1 Å². The Balaban J connectivity index is 1.74. The van der Waals surface area contributed by atoms with Gasteiger partial charge in [-0.2, -0.15) is 5.10 Å². The summed E-state index contributed by atoms with van der Waals surface area (Å²) in [6.07, 6.45) is 6.61. The number of rotatable bonds is 4. The van der Waals surface area contributed by atoms with E-state index < -0.39 is 17.7 Å². The molecule has 0 unspecified atom stereocenters. The second-order valence-corrected chi connectivity index (χ2v) is 7.92. The summed E-state index contributed by atoms with van der Waals surface area (Å²) < 4.78 is 11.7. The third-order valence-electron chi connectivity index (χ3n) is 4.58. The summed E-state index contributed by atoms with van der Waals surface area (Å²) in [4.78, 5) is 28.6. The van der Waals surface area contributed by atoms with Crippen LogP contribution in [-0.4, -0.2) is 51.5 Å². The van der Waals surface area contributed by atoms with E-state index in [0.717, 1.165) is 25.7 Å². The standard InChI is InChI=1S/C19H27N5O4/c1-19(2,3)28-18(26)22-14-8-6-5-7-13(14)21-15-9-10-24-16(23-15)12(11-20-24)17(25)27-4/h9-11,13-14H,5-8H2,1-4H3,(H,21,23)(H,22,26)/t13-,14+/m1/s1. The molecule has 1 fully saturated rings. The van der Waals surface area contributed by atoms with Gasteiger partial charge in [-0.05, 0) is 39.7 Å². The monoisotopic (exact) mass is 389 g/mol. The molecule has 0 aromatic carbocycles. The number of methoxy groups -OCH3 is 1. The van der Waals surface area contributed by atoms with Gasteiger partial charge in [-0.15, -0.1) is 0 Å². The van der Waals surface area contributed by atoms with E-state index in [1.807, 2.05) is 20.8 Å². The third-order valence-corrected chi connectivity index (χ3v) is 4.58. The van der Waals surface area contributed by atoms with Crippen molar-refractivity contribution < 1.29 is 19.1 Å². The number of hydrogen-bond donors (Lipinski definition) is 2. The lowest BCUT2D eigenvalue weighted by Crippen LogP contribution is -2.49. The number of carbonyl (C=O) groups excluding carboxylic acids is 2. The molecule has 0 bridgehead atoms. The molecule has 3 rings (SSSR count). The van der Waals surface area contributed by atoms with Crippen LogP contribution in [0.1, 0.15) is 56.8 Å². The van der Waals surface area contributed by atoms with Crippen LogP contribution in [0.4, 0.5) is 10.6 Å². The number of esters is 1. The van der Waals surface area contributed by atoms with Crippen molar-refractivity contribution in [2.75, 3.05) is 12.4 Å². The molecule has 0 aliphatic heterocycles. The Bertz CT molecular complexity index is 858. The molecule has 0 radical (unpaired) electrons. The largest absolute Gasteiger partial charge is 0.465 e. The van der Waals surface area contributed by atoms with Gasteiger partial charge in [0.05, 0.1) is 19.3 Å². The SMILES string of the molecule is COC(=O)c1cnn2ccc(N[C@@H]3CCCC[C@@H]3NC(=O)OC(C)(C)C)nc12. The van der Waals surface area contributed by atoms with Crippen molar-refractivity contribution in [2.45, 2.75) is 64.1 Å². The number of anilines is 1. The normalized spacial score (nSPS) is 19.9. The Morgan fingerprint density at radius 2 is 1.93 bits per heavy atom. The van der Waals surface area contributed by atoms with Crippen LogP contribution in [0.3, 0.4) is 0 Å². The van der Waals surface area contributed by atoms with Crippen molar-refractivity contribution in [3.8, 4) is 0 Å². The molecule has 2 heterocycles. The highest BCUT2D eigenvalue weighted by molar-refractivity contribution is 5.95. The Hall–Kier alpha value is -2.84. The summed E-state index contributed by atoms with van der Waals surface area (Å²) in [5.74, 6) is 0.128. The molecular formula is C19H27N5O4. The van der Waals surface area contributed by atoms with Crippen LogP contribution in [0.25, 0.3) is 5.65 Å². The van der Waals surface area contributed by atoms with E-state index in [1.165, 1.54) is 17.8 Å². The highest BCUT2D eigenvalue weighted by atomic mass is 16.6. The van der Waals surface area contributed by atoms with E-state index in [4.69, 9.17) is 9.47 Å². The first kappa shape index (κ1) is 19.9. The minimum Gasteiger partial charge on any atom is -0.465 e. The Kier molecular flexibility index (Phi) is 5.71. The molecule has 1 aliphatic rings. The molecule has 1 amide bonds. The number of alkyl carbamates (subject to hydrolysis) is 1. The summed E-state index contributed by atoms with van der Waals surface area (Å²) in [6.45, 7) is 5.52. The third kappa shape index (κ3) is 4.71. The molecule has 2 N–H and O–H groups in total. The second-order valence-electron chi connectivity index (χ2n) is 7.92. The van der Waals surface area contributed by atoms with E-state index in [0.29, 0.717) is 17.0 Å². The van der Waals surface area contributed by atoms with E-state index in [1.54, 1.807) is 12.3 Å². The number of hydrogen-bond acceptors (Lipinski definition) is 7. The van der Waals surface area contributed by atoms with Crippen molar-refractivity contribution in [3.63, 3.8) is 0 Å². The van der Waals surface area contributed by atoms with Gasteiger partial charge in [0.15, 0.2) is 5.65 Å². The van der Waals surface area contributed by atoms with Gasteiger partial charge in [-0.3, -0.25) is 0 Å². The van der Waals surface area contributed by atoms with Crippen molar-refractivity contribution in [3.05, 3.63) is 24.0 Å². The highest BCUT2D eigenvalue weighted by Gasteiger charge is 2.29. The Morgan fingerprint density at radius 1 is 1.21 bits per heavy atom. The van der Waals surface area contributed by atoms with Crippen LogP contribution in [0.15, 0.2) is 18.5 Å². The number of aromatic nitrogens is 3. The predicted molar refractivity (Wildman–Crippen MR) is 103 cm³/mol. The zero-order chi connectivity index (χ0) is 20.3. The van der Waals surface area contributed by atoms with Crippen molar-refractivity contribution in [2.24, 2.45) is 0 Å². The van der Waals surface area contributed by atoms with Crippen molar-refractivity contribution >= 4 is 23.5 Å². The number of amides is 1. The second kappa shape index (κ2) is 8.04. The summed E-state index contributed by atoms with van der Waals surface area (Å²) in [5, 5.41) is 10.5. The number of ether oxygens (including phenoxy) is 2. The molecule has 28 heavy (non-hydrogen) atoms. The van der Waals surface area contributed by atoms with Crippen molar-refractivity contribution in [1.82, 2.24) is 19.9 Å². The van der Waals surface area contributed by atoms with Crippen LogP contribution >= 0.6 is 0 Å². The predicted octanol–water partition coefficient (Wildman–Crippen LogP) is 2.76. The van der Waals surface area contributed by atoms with Crippen LogP contribution in [-0.2, 0) is 9.47 Å². The first-order chi connectivity index (χ1) is 13.3. The van der Waals surface area contributed by atoms with Crippen LogP contribution in [0.2, 0.25) is 0 Å². The lowest BCUT2D eigenvalue weighted by atomic mass is 9.90. The van der Waals surface area contributed by atoms with Gasteiger partial charge in [0.25, 0.3) is 0 Å². The molecule has 2 atom stereocenters. The molecule has 0 spiro atoms. The number of nitrogens with zero attached hydrogens (tertiary/aromatic N) is 3. The van der Waals surface area contributed by atoms with Gasteiger partial charge in [0, 0.05) is 12.2 Å². The van der Waals surface area contributed by atoms with Gasteiger partial charge in [0.1, 0.15) is 17.0 Å². The lowest BCUT2D eigenvalue weighted by molar-refractivity contribution is 0.0487. The molecule has 1 saturated carbocycles. The number of fused-ring (bicyclic) bond motifs is 1. The van der Waals surface area contributed by atoms with Crippen LogP contribution in [0.5, 0.6) is 0 Å². The smallest absolute Gasteiger partial charge is 0.407 e. The molecule has 2 aromatic heterocycles. The number of nitrogens with one attached hydrogen (secondary N) is 2. The molecule has 9 heteroatoms. The van der Waals surface area contributed by atoms with Gasteiger partial charge in [-0.1, -0.05) is 12.8 Å². The maximum atomic E-state index is 12.2.